The molecule has 0 heterocycles. The van der Waals surface area contributed by atoms with Crippen molar-refractivity contribution in [1.82, 2.24) is 0 Å². The maximum Gasteiger partial charge on any atom is 0.118 e. The molecule has 1 aromatic rings. The van der Waals surface area contributed by atoms with Crippen LogP contribution in [0.3, 0.4) is 0 Å². The first kappa shape index (κ1) is 12.5. The van der Waals surface area contributed by atoms with Crippen LogP contribution in [0, 0.1) is 6.92 Å². The molecule has 0 aromatic heterocycles. The second-order valence-electron chi connectivity index (χ2n) is 2.43. The molecule has 0 radical (unpaired) electrons. The van der Waals surface area contributed by atoms with E-state index in [1.807, 2.05) is 24.3 Å². The first-order chi connectivity index (χ1) is 6.24. The Labute approximate surface area is 87.7 Å². The SMILES string of the molecule is COc1ccc(C)cc1.OCCBr. The lowest BCUT2D eigenvalue weighted by Crippen LogP contribution is -1.80. The molecule has 1 aromatic carbocycles. The second kappa shape index (κ2) is 8.08. The lowest BCUT2D eigenvalue weighted by molar-refractivity contribution is 0.324. The third-order valence-electron chi connectivity index (χ3n) is 1.34. The molecular formula is C10H15BrO2. The molecule has 0 fully saturated rings. The van der Waals surface area contributed by atoms with Crippen LogP contribution in [0.4, 0.5) is 0 Å². The minimum atomic E-state index is 0.236. The van der Waals surface area contributed by atoms with E-state index in [4.69, 9.17) is 9.84 Å². The Kier molecular flexibility index (Phi) is 7.74. The fourth-order valence-corrected chi connectivity index (χ4v) is 0.674. The van der Waals surface area contributed by atoms with Crippen LogP contribution in [0.5, 0.6) is 5.75 Å². The van der Waals surface area contributed by atoms with Gasteiger partial charge in [-0.1, -0.05) is 33.6 Å². The van der Waals surface area contributed by atoms with E-state index in [-0.39, 0.29) is 6.61 Å². The van der Waals surface area contributed by atoms with Gasteiger partial charge in [-0.05, 0) is 19.1 Å². The first-order valence-electron chi connectivity index (χ1n) is 4.02. The summed E-state index contributed by atoms with van der Waals surface area (Å²) < 4.78 is 4.97. The standard InChI is InChI=1S/C8H10O.C2H5BrO/c1-7-3-5-8(9-2)6-4-7;3-1-2-4/h3-6H,1-2H3;4H,1-2H2. The van der Waals surface area contributed by atoms with Crippen LogP contribution in [0.25, 0.3) is 0 Å². The molecule has 0 unspecified atom stereocenters. The molecular weight excluding hydrogens is 232 g/mol. The van der Waals surface area contributed by atoms with E-state index in [9.17, 15) is 0 Å². The lowest BCUT2D eigenvalue weighted by atomic mass is 10.2. The molecule has 2 nitrogen and oxygen atoms in total. The summed E-state index contributed by atoms with van der Waals surface area (Å²) in [5, 5.41) is 8.52. The van der Waals surface area contributed by atoms with Crippen LogP contribution in [0.1, 0.15) is 5.56 Å². The van der Waals surface area contributed by atoms with Crippen molar-refractivity contribution in [3.63, 3.8) is 0 Å². The van der Waals surface area contributed by atoms with Gasteiger partial charge >= 0.3 is 0 Å². The fraction of sp³-hybridized carbons (Fsp3) is 0.400. The van der Waals surface area contributed by atoms with E-state index >= 15 is 0 Å². The number of rotatable bonds is 2. The Morgan fingerprint density at radius 1 is 1.31 bits per heavy atom. The fourth-order valence-electron chi connectivity index (χ4n) is 0.674. The van der Waals surface area contributed by atoms with Gasteiger partial charge in [0, 0.05) is 5.33 Å². The van der Waals surface area contributed by atoms with Gasteiger partial charge in [-0.25, -0.2) is 0 Å². The van der Waals surface area contributed by atoms with E-state index in [1.165, 1.54) is 5.56 Å². The van der Waals surface area contributed by atoms with Crippen LogP contribution < -0.4 is 4.74 Å². The monoisotopic (exact) mass is 246 g/mol. The summed E-state index contributed by atoms with van der Waals surface area (Å²) in [6, 6.07) is 7.96. The largest absolute Gasteiger partial charge is 0.497 e. The molecule has 0 bridgehead atoms. The summed E-state index contributed by atoms with van der Waals surface area (Å²) in [7, 11) is 1.67. The van der Waals surface area contributed by atoms with Gasteiger partial charge in [-0.3, -0.25) is 0 Å². The summed E-state index contributed by atoms with van der Waals surface area (Å²) in [5.41, 5.74) is 1.26. The zero-order chi connectivity index (χ0) is 10.1. The molecule has 0 saturated heterocycles. The van der Waals surface area contributed by atoms with Crippen molar-refractivity contribution in [1.29, 1.82) is 0 Å². The molecule has 13 heavy (non-hydrogen) atoms. The number of aliphatic hydroxyl groups is 1. The number of methoxy groups -OCH3 is 1. The first-order valence-corrected chi connectivity index (χ1v) is 5.14. The van der Waals surface area contributed by atoms with Gasteiger partial charge < -0.3 is 9.84 Å². The van der Waals surface area contributed by atoms with Gasteiger partial charge in [0.05, 0.1) is 13.7 Å². The van der Waals surface area contributed by atoms with E-state index in [0.29, 0.717) is 5.33 Å². The van der Waals surface area contributed by atoms with Crippen molar-refractivity contribution in [2.45, 2.75) is 6.92 Å². The Morgan fingerprint density at radius 3 is 2.08 bits per heavy atom. The smallest absolute Gasteiger partial charge is 0.118 e. The molecule has 0 aliphatic heterocycles. The number of halogens is 1. The summed E-state index contributed by atoms with van der Waals surface area (Å²) in [5.74, 6) is 0.917. The average Bonchev–Trinajstić information content (AvgIpc) is 2.19. The average molecular weight is 247 g/mol. The normalized spacial score (nSPS) is 8.62. The molecule has 3 heteroatoms. The number of ether oxygens (including phenoxy) is 1. The molecule has 0 atom stereocenters. The highest BCUT2D eigenvalue weighted by molar-refractivity contribution is 9.09. The molecule has 0 aliphatic carbocycles. The van der Waals surface area contributed by atoms with Crippen molar-refractivity contribution < 1.29 is 9.84 Å². The summed E-state index contributed by atoms with van der Waals surface area (Å²) in [6.45, 7) is 2.29. The Hall–Kier alpha value is -0.540. The van der Waals surface area contributed by atoms with E-state index in [0.717, 1.165) is 5.75 Å². The van der Waals surface area contributed by atoms with Crippen LogP contribution in [0.2, 0.25) is 0 Å². The summed E-state index contributed by atoms with van der Waals surface area (Å²) >= 11 is 3.00. The number of hydrogen-bond acceptors (Lipinski definition) is 2. The third-order valence-corrected chi connectivity index (χ3v) is 1.70. The maximum absolute atomic E-state index is 7.83. The van der Waals surface area contributed by atoms with Gasteiger partial charge in [-0.2, -0.15) is 0 Å². The maximum atomic E-state index is 7.83. The minimum Gasteiger partial charge on any atom is -0.497 e. The number of hydrogen-bond donors (Lipinski definition) is 1. The predicted molar refractivity (Wildman–Crippen MR) is 58.6 cm³/mol. The number of aryl methyl sites for hydroxylation is 1. The van der Waals surface area contributed by atoms with E-state index in [1.54, 1.807) is 7.11 Å². The lowest BCUT2D eigenvalue weighted by Gasteiger charge is -1.97. The van der Waals surface area contributed by atoms with Crippen LogP contribution in [-0.2, 0) is 0 Å². The van der Waals surface area contributed by atoms with Gasteiger partial charge in [0.15, 0.2) is 0 Å². The van der Waals surface area contributed by atoms with E-state index < -0.39 is 0 Å². The Morgan fingerprint density at radius 2 is 1.77 bits per heavy atom. The quantitative estimate of drug-likeness (QED) is 0.813. The Bertz CT molecular complexity index is 207. The Balaban J connectivity index is 0.000000310. The van der Waals surface area contributed by atoms with Crippen molar-refractivity contribution in [2.24, 2.45) is 0 Å². The number of aliphatic hydroxyl groups excluding tert-OH is 1. The van der Waals surface area contributed by atoms with Crippen LogP contribution in [0.15, 0.2) is 24.3 Å². The van der Waals surface area contributed by atoms with Crippen molar-refractivity contribution in [3.05, 3.63) is 29.8 Å². The predicted octanol–water partition coefficient (Wildman–Crippen LogP) is 2.38. The second-order valence-corrected chi connectivity index (χ2v) is 3.22. The zero-order valence-corrected chi connectivity index (χ0v) is 9.54. The van der Waals surface area contributed by atoms with Crippen molar-refractivity contribution in [3.8, 4) is 5.75 Å². The summed E-state index contributed by atoms with van der Waals surface area (Å²) in [6.07, 6.45) is 0. The molecule has 0 amide bonds. The molecule has 0 aliphatic rings. The summed E-state index contributed by atoms with van der Waals surface area (Å²) in [4.78, 5) is 0. The highest BCUT2D eigenvalue weighted by Crippen LogP contribution is 2.09. The van der Waals surface area contributed by atoms with Gasteiger partial charge in [0.1, 0.15) is 5.75 Å². The van der Waals surface area contributed by atoms with Crippen LogP contribution >= 0.6 is 15.9 Å². The van der Waals surface area contributed by atoms with E-state index in [2.05, 4.69) is 22.9 Å². The third kappa shape index (κ3) is 6.61. The molecule has 1 N–H and O–H groups in total. The minimum absolute atomic E-state index is 0.236. The van der Waals surface area contributed by atoms with Gasteiger partial charge in [0.2, 0.25) is 0 Å². The highest BCUT2D eigenvalue weighted by atomic mass is 79.9. The van der Waals surface area contributed by atoms with Gasteiger partial charge in [-0.15, -0.1) is 0 Å². The number of alkyl halides is 1. The topological polar surface area (TPSA) is 29.5 Å². The molecule has 0 spiro atoms. The van der Waals surface area contributed by atoms with Crippen molar-refractivity contribution in [2.75, 3.05) is 19.0 Å². The molecule has 1 rings (SSSR count). The highest BCUT2D eigenvalue weighted by Gasteiger charge is 1.85. The van der Waals surface area contributed by atoms with Crippen molar-refractivity contribution >= 4 is 15.9 Å². The molecule has 0 saturated carbocycles. The number of benzene rings is 1. The zero-order valence-electron chi connectivity index (χ0n) is 7.96. The van der Waals surface area contributed by atoms with Crippen LogP contribution in [-0.4, -0.2) is 24.2 Å². The molecule has 74 valence electrons. The van der Waals surface area contributed by atoms with Gasteiger partial charge in [0.25, 0.3) is 0 Å².